The summed E-state index contributed by atoms with van der Waals surface area (Å²) in [6, 6.07) is 17.9. The van der Waals surface area contributed by atoms with Crippen LogP contribution in [0.25, 0.3) is 10.9 Å². The summed E-state index contributed by atoms with van der Waals surface area (Å²) in [5.74, 6) is -0.0544. The molecule has 0 radical (unpaired) electrons. The third-order valence-corrected chi connectivity index (χ3v) is 6.37. The summed E-state index contributed by atoms with van der Waals surface area (Å²) in [4.78, 5) is 21.1. The third kappa shape index (κ3) is 4.99. The van der Waals surface area contributed by atoms with Crippen LogP contribution in [-0.2, 0) is 16.2 Å². The molecule has 7 heteroatoms. The number of rotatable bonds is 8. The van der Waals surface area contributed by atoms with Gasteiger partial charge in [-0.2, -0.15) is 11.8 Å². The molecule has 1 aliphatic rings. The van der Waals surface area contributed by atoms with Gasteiger partial charge >= 0.3 is 5.97 Å². The zero-order valence-corrected chi connectivity index (χ0v) is 18.3. The lowest BCUT2D eigenvalue weighted by Crippen LogP contribution is -2.26. The molecule has 0 spiro atoms. The number of carbonyl (C=O) groups is 1. The van der Waals surface area contributed by atoms with Crippen molar-refractivity contribution in [3.8, 4) is 5.75 Å². The van der Waals surface area contributed by atoms with Gasteiger partial charge in [-0.25, -0.2) is 0 Å². The van der Waals surface area contributed by atoms with Gasteiger partial charge in [-0.15, -0.1) is 0 Å². The van der Waals surface area contributed by atoms with Crippen molar-refractivity contribution < 1.29 is 19.5 Å². The quantitative estimate of drug-likeness (QED) is 0.545. The summed E-state index contributed by atoms with van der Waals surface area (Å²) in [7, 11) is 0. The summed E-state index contributed by atoms with van der Waals surface area (Å²) in [6.45, 7) is 2.44. The van der Waals surface area contributed by atoms with Crippen molar-refractivity contribution in [2.75, 3.05) is 6.26 Å². The molecule has 2 heterocycles. The van der Waals surface area contributed by atoms with Gasteiger partial charge in [0.2, 0.25) is 0 Å². The van der Waals surface area contributed by atoms with Crippen LogP contribution >= 0.6 is 11.8 Å². The molecule has 3 aromatic rings. The molecule has 2 unspecified atom stereocenters. The van der Waals surface area contributed by atoms with E-state index in [-0.39, 0.29) is 17.8 Å². The first-order chi connectivity index (χ1) is 15.0. The molecule has 4 rings (SSSR count). The van der Waals surface area contributed by atoms with Crippen molar-refractivity contribution in [1.82, 2.24) is 4.98 Å². The third-order valence-electron chi connectivity index (χ3n) is 5.30. The number of nitrogens with zero attached hydrogens (tertiary/aromatic N) is 2. The molecule has 160 valence electrons. The van der Waals surface area contributed by atoms with Crippen molar-refractivity contribution in [3.05, 3.63) is 71.4 Å². The number of carboxylic acid groups (broad SMARTS) is 1. The molecule has 0 fully saturated rings. The number of carboxylic acids is 1. The Morgan fingerprint density at radius 1 is 1.26 bits per heavy atom. The van der Waals surface area contributed by atoms with Gasteiger partial charge in [-0.05, 0) is 55.1 Å². The molecular weight excluding hydrogens is 412 g/mol. The number of oxime groups is 1. The number of para-hydroxylation sites is 1. The van der Waals surface area contributed by atoms with Gasteiger partial charge in [0.15, 0.2) is 0 Å². The maximum absolute atomic E-state index is 11.0. The highest BCUT2D eigenvalue weighted by Crippen LogP contribution is 2.28. The van der Waals surface area contributed by atoms with Gasteiger partial charge in [-0.1, -0.05) is 23.4 Å². The lowest BCUT2D eigenvalue weighted by Gasteiger charge is -2.17. The molecule has 0 saturated carbocycles. The standard InChI is InChI=1S/C24H24N2O4S/c1-15-11-17(19-5-3-4-6-20(19)25-15)14-29-18-9-7-16(8-10-18)21-12-22(30-26-21)23(31-2)13-24(27)28/h3-11,22-23H,12-14H2,1-2H3,(H,27,28). The lowest BCUT2D eigenvalue weighted by atomic mass is 10.0. The van der Waals surface area contributed by atoms with Crippen LogP contribution in [-0.4, -0.2) is 39.4 Å². The number of aromatic nitrogens is 1. The Morgan fingerprint density at radius 2 is 2.03 bits per heavy atom. The van der Waals surface area contributed by atoms with Crippen molar-refractivity contribution in [2.24, 2.45) is 5.16 Å². The van der Waals surface area contributed by atoms with Crippen LogP contribution in [0.15, 0.2) is 59.8 Å². The Bertz CT molecular complexity index is 1110. The molecule has 1 N–H and O–H groups in total. The van der Waals surface area contributed by atoms with Crippen LogP contribution in [0, 0.1) is 6.92 Å². The van der Waals surface area contributed by atoms with Crippen molar-refractivity contribution in [3.63, 3.8) is 0 Å². The summed E-state index contributed by atoms with van der Waals surface area (Å²) in [5.41, 5.74) is 4.82. The molecule has 6 nitrogen and oxygen atoms in total. The lowest BCUT2D eigenvalue weighted by molar-refractivity contribution is -0.137. The molecular formula is C24H24N2O4S. The van der Waals surface area contributed by atoms with Crippen LogP contribution < -0.4 is 4.74 Å². The second-order valence-electron chi connectivity index (χ2n) is 7.51. The Labute approximate surface area is 185 Å². The van der Waals surface area contributed by atoms with Crippen LogP contribution in [0.2, 0.25) is 0 Å². The van der Waals surface area contributed by atoms with Gasteiger partial charge in [0.1, 0.15) is 18.5 Å². The van der Waals surface area contributed by atoms with E-state index < -0.39 is 5.97 Å². The molecule has 31 heavy (non-hydrogen) atoms. The first-order valence-corrected chi connectivity index (χ1v) is 11.4. The minimum absolute atomic E-state index is 0.0601. The fraction of sp³-hybridized carbons (Fsp3) is 0.292. The van der Waals surface area contributed by atoms with E-state index >= 15 is 0 Å². The molecule has 2 atom stereocenters. The second kappa shape index (κ2) is 9.39. The van der Waals surface area contributed by atoms with E-state index in [1.54, 1.807) is 0 Å². The Balaban J connectivity index is 1.40. The van der Waals surface area contributed by atoms with Gasteiger partial charge < -0.3 is 14.7 Å². The van der Waals surface area contributed by atoms with Gasteiger partial charge in [0.05, 0.1) is 22.9 Å². The zero-order valence-electron chi connectivity index (χ0n) is 17.4. The van der Waals surface area contributed by atoms with Crippen LogP contribution in [0.3, 0.4) is 0 Å². The molecule has 0 amide bonds. The van der Waals surface area contributed by atoms with E-state index in [4.69, 9.17) is 14.7 Å². The Hall–Kier alpha value is -3.06. The Morgan fingerprint density at radius 3 is 2.77 bits per heavy atom. The minimum Gasteiger partial charge on any atom is -0.489 e. The zero-order chi connectivity index (χ0) is 21.8. The fourth-order valence-electron chi connectivity index (χ4n) is 3.72. The predicted octanol–water partition coefficient (Wildman–Crippen LogP) is 4.82. The number of hydrogen-bond donors (Lipinski definition) is 1. The number of aliphatic carboxylic acids is 1. The van der Waals surface area contributed by atoms with Crippen molar-refractivity contribution in [1.29, 1.82) is 0 Å². The topological polar surface area (TPSA) is 81.0 Å². The molecule has 2 aromatic carbocycles. The van der Waals surface area contributed by atoms with E-state index in [0.717, 1.165) is 39.2 Å². The molecule has 0 saturated heterocycles. The van der Waals surface area contributed by atoms with E-state index in [1.165, 1.54) is 11.8 Å². The molecule has 1 aliphatic heterocycles. The normalized spacial score (nSPS) is 16.6. The maximum atomic E-state index is 11.0. The SMILES string of the molecule is CSC(CC(=O)O)C1CC(c2ccc(OCc3cc(C)nc4ccccc34)cc2)=NO1. The number of ether oxygens (including phenoxy) is 1. The number of hydrogen-bond acceptors (Lipinski definition) is 6. The van der Waals surface area contributed by atoms with Crippen LogP contribution in [0.1, 0.15) is 29.7 Å². The van der Waals surface area contributed by atoms with E-state index in [1.807, 2.05) is 55.6 Å². The number of thioether (sulfide) groups is 1. The summed E-state index contributed by atoms with van der Waals surface area (Å²) in [5, 5.41) is 14.2. The number of aryl methyl sites for hydroxylation is 1. The number of fused-ring (bicyclic) bond motifs is 1. The fourth-order valence-corrected chi connectivity index (χ4v) is 4.48. The Kier molecular flexibility index (Phi) is 6.42. The largest absolute Gasteiger partial charge is 0.489 e. The van der Waals surface area contributed by atoms with Crippen LogP contribution in [0.5, 0.6) is 5.75 Å². The molecule has 0 aliphatic carbocycles. The first-order valence-electron chi connectivity index (χ1n) is 10.1. The van der Waals surface area contributed by atoms with E-state index in [0.29, 0.717) is 13.0 Å². The highest BCUT2D eigenvalue weighted by atomic mass is 32.2. The number of pyridine rings is 1. The van der Waals surface area contributed by atoms with Crippen LogP contribution in [0.4, 0.5) is 0 Å². The second-order valence-corrected chi connectivity index (χ2v) is 8.59. The molecule has 0 bridgehead atoms. The highest BCUT2D eigenvalue weighted by Gasteiger charge is 2.31. The van der Waals surface area contributed by atoms with Crippen molar-refractivity contribution >= 4 is 34.3 Å². The average Bonchev–Trinajstić information content (AvgIpc) is 3.26. The maximum Gasteiger partial charge on any atom is 0.304 e. The minimum atomic E-state index is -0.824. The smallest absolute Gasteiger partial charge is 0.304 e. The predicted molar refractivity (Wildman–Crippen MR) is 123 cm³/mol. The summed E-state index contributed by atoms with van der Waals surface area (Å²) >= 11 is 1.50. The molecule has 1 aromatic heterocycles. The van der Waals surface area contributed by atoms with Gasteiger partial charge in [0.25, 0.3) is 0 Å². The average molecular weight is 437 g/mol. The van der Waals surface area contributed by atoms with Gasteiger partial charge in [0, 0.05) is 23.1 Å². The van der Waals surface area contributed by atoms with E-state index in [9.17, 15) is 4.79 Å². The summed E-state index contributed by atoms with van der Waals surface area (Å²) < 4.78 is 6.03. The highest BCUT2D eigenvalue weighted by molar-refractivity contribution is 7.99. The first kappa shape index (κ1) is 21.2. The monoisotopic (exact) mass is 436 g/mol. The van der Waals surface area contributed by atoms with Crippen molar-refractivity contribution in [2.45, 2.75) is 37.7 Å². The number of benzene rings is 2. The summed E-state index contributed by atoms with van der Waals surface area (Å²) in [6.07, 6.45) is 2.33. The van der Waals surface area contributed by atoms with E-state index in [2.05, 4.69) is 22.3 Å². The van der Waals surface area contributed by atoms with Gasteiger partial charge in [-0.3, -0.25) is 9.78 Å².